The summed E-state index contributed by atoms with van der Waals surface area (Å²) < 4.78 is 7.25. The standard InChI is InChI=1S/C10H18N4O/c1-10(7-11,15-2)9-6-14(13-12-9)5-8-3-4-8/h6,8H,3-5,7,11H2,1-2H3. The molecule has 0 saturated heterocycles. The third-order valence-corrected chi connectivity index (χ3v) is 3.06. The lowest BCUT2D eigenvalue weighted by atomic mass is 10.0. The van der Waals surface area contributed by atoms with Gasteiger partial charge >= 0.3 is 0 Å². The van der Waals surface area contributed by atoms with Gasteiger partial charge in [0.1, 0.15) is 11.3 Å². The summed E-state index contributed by atoms with van der Waals surface area (Å²) in [4.78, 5) is 0. The van der Waals surface area contributed by atoms with Crippen molar-refractivity contribution >= 4 is 0 Å². The third kappa shape index (κ3) is 2.18. The molecule has 5 heteroatoms. The van der Waals surface area contributed by atoms with E-state index in [1.165, 1.54) is 12.8 Å². The molecule has 1 saturated carbocycles. The first-order valence-corrected chi connectivity index (χ1v) is 5.34. The fourth-order valence-corrected chi connectivity index (χ4v) is 1.49. The Labute approximate surface area is 89.6 Å². The van der Waals surface area contributed by atoms with Gasteiger partial charge in [0.05, 0.1) is 6.20 Å². The minimum absolute atomic E-state index is 0.408. The second-order valence-corrected chi connectivity index (χ2v) is 4.41. The van der Waals surface area contributed by atoms with E-state index in [1.54, 1.807) is 7.11 Å². The van der Waals surface area contributed by atoms with Crippen LogP contribution in [0.15, 0.2) is 6.20 Å². The Balaban J connectivity index is 2.10. The number of methoxy groups -OCH3 is 1. The number of aromatic nitrogens is 3. The van der Waals surface area contributed by atoms with Gasteiger partial charge in [0, 0.05) is 20.2 Å². The molecular weight excluding hydrogens is 192 g/mol. The van der Waals surface area contributed by atoms with Crippen LogP contribution in [0.4, 0.5) is 0 Å². The van der Waals surface area contributed by atoms with Gasteiger partial charge in [-0.25, -0.2) is 0 Å². The van der Waals surface area contributed by atoms with Gasteiger partial charge in [-0.2, -0.15) is 0 Å². The molecule has 1 unspecified atom stereocenters. The van der Waals surface area contributed by atoms with Crippen molar-refractivity contribution in [3.8, 4) is 0 Å². The first kappa shape index (κ1) is 10.6. The number of nitrogens with zero attached hydrogens (tertiary/aromatic N) is 3. The summed E-state index contributed by atoms with van der Waals surface area (Å²) in [6, 6.07) is 0. The van der Waals surface area contributed by atoms with E-state index in [1.807, 2.05) is 17.8 Å². The van der Waals surface area contributed by atoms with Crippen LogP contribution >= 0.6 is 0 Å². The summed E-state index contributed by atoms with van der Waals surface area (Å²) in [5, 5.41) is 8.21. The molecule has 0 radical (unpaired) electrons. The second-order valence-electron chi connectivity index (χ2n) is 4.41. The zero-order valence-electron chi connectivity index (χ0n) is 9.31. The van der Waals surface area contributed by atoms with Crippen LogP contribution in [-0.2, 0) is 16.9 Å². The van der Waals surface area contributed by atoms with Crippen LogP contribution in [0.2, 0.25) is 0 Å². The molecule has 1 heterocycles. The highest BCUT2D eigenvalue weighted by molar-refractivity contribution is 5.06. The molecule has 0 spiro atoms. The molecule has 1 aromatic heterocycles. The molecule has 0 amide bonds. The molecule has 84 valence electrons. The van der Waals surface area contributed by atoms with Crippen LogP contribution in [0.25, 0.3) is 0 Å². The topological polar surface area (TPSA) is 66.0 Å². The second kappa shape index (κ2) is 3.90. The molecule has 2 rings (SSSR count). The number of rotatable bonds is 5. The largest absolute Gasteiger partial charge is 0.371 e. The Bertz CT molecular complexity index is 328. The Morgan fingerprint density at radius 2 is 2.40 bits per heavy atom. The van der Waals surface area contributed by atoms with Crippen molar-refractivity contribution < 1.29 is 4.74 Å². The smallest absolute Gasteiger partial charge is 0.122 e. The highest BCUT2D eigenvalue weighted by Gasteiger charge is 2.29. The van der Waals surface area contributed by atoms with Crippen molar-refractivity contribution in [2.75, 3.05) is 13.7 Å². The van der Waals surface area contributed by atoms with Crippen LogP contribution in [0, 0.1) is 5.92 Å². The molecule has 1 atom stereocenters. The summed E-state index contributed by atoms with van der Waals surface area (Å²) in [6.45, 7) is 3.31. The van der Waals surface area contributed by atoms with E-state index in [-0.39, 0.29) is 0 Å². The maximum atomic E-state index is 5.67. The van der Waals surface area contributed by atoms with Gasteiger partial charge in [0.25, 0.3) is 0 Å². The lowest BCUT2D eigenvalue weighted by Gasteiger charge is -2.23. The Kier molecular flexibility index (Phi) is 2.75. The van der Waals surface area contributed by atoms with Gasteiger partial charge in [0.2, 0.25) is 0 Å². The molecule has 5 nitrogen and oxygen atoms in total. The van der Waals surface area contributed by atoms with Crippen molar-refractivity contribution in [1.82, 2.24) is 15.0 Å². The highest BCUT2D eigenvalue weighted by atomic mass is 16.5. The lowest BCUT2D eigenvalue weighted by Crippen LogP contribution is -2.34. The molecule has 2 N–H and O–H groups in total. The molecule has 1 aliphatic rings. The highest BCUT2D eigenvalue weighted by Crippen LogP contribution is 2.30. The number of ether oxygens (including phenoxy) is 1. The van der Waals surface area contributed by atoms with Gasteiger partial charge in [-0.1, -0.05) is 5.21 Å². The maximum absolute atomic E-state index is 5.67. The van der Waals surface area contributed by atoms with Crippen molar-refractivity contribution in [3.63, 3.8) is 0 Å². The molecular formula is C10H18N4O. The van der Waals surface area contributed by atoms with E-state index in [2.05, 4.69) is 10.3 Å². The average molecular weight is 210 g/mol. The average Bonchev–Trinajstić information content (AvgIpc) is 2.93. The first-order valence-electron chi connectivity index (χ1n) is 5.34. The van der Waals surface area contributed by atoms with Crippen LogP contribution in [-0.4, -0.2) is 28.6 Å². The Morgan fingerprint density at radius 1 is 1.67 bits per heavy atom. The van der Waals surface area contributed by atoms with E-state index in [0.29, 0.717) is 6.54 Å². The van der Waals surface area contributed by atoms with Gasteiger partial charge in [-0.3, -0.25) is 4.68 Å². The van der Waals surface area contributed by atoms with Gasteiger partial charge in [0.15, 0.2) is 0 Å². The SMILES string of the molecule is COC(C)(CN)c1cn(CC2CC2)nn1. The van der Waals surface area contributed by atoms with Crippen LogP contribution in [0.1, 0.15) is 25.5 Å². The Morgan fingerprint density at radius 3 is 2.93 bits per heavy atom. The number of hydrogen-bond donors (Lipinski definition) is 1. The number of hydrogen-bond acceptors (Lipinski definition) is 4. The van der Waals surface area contributed by atoms with E-state index in [9.17, 15) is 0 Å². The van der Waals surface area contributed by atoms with Gasteiger partial charge in [-0.05, 0) is 25.7 Å². The normalized spacial score (nSPS) is 20.2. The minimum Gasteiger partial charge on any atom is -0.371 e. The number of nitrogens with two attached hydrogens (primary N) is 1. The summed E-state index contributed by atoms with van der Waals surface area (Å²) in [5.74, 6) is 0.797. The minimum atomic E-state index is -0.512. The summed E-state index contributed by atoms with van der Waals surface area (Å²) in [6.07, 6.45) is 4.57. The van der Waals surface area contributed by atoms with Crippen molar-refractivity contribution in [1.29, 1.82) is 0 Å². The van der Waals surface area contributed by atoms with Crippen molar-refractivity contribution in [2.45, 2.75) is 31.9 Å². The predicted octanol–water partition coefficient (Wildman–Crippen LogP) is 0.508. The predicted molar refractivity (Wildman–Crippen MR) is 56.2 cm³/mol. The summed E-state index contributed by atoms with van der Waals surface area (Å²) in [7, 11) is 1.65. The van der Waals surface area contributed by atoms with Crippen molar-refractivity contribution in [3.05, 3.63) is 11.9 Å². The molecule has 0 bridgehead atoms. The van der Waals surface area contributed by atoms with E-state index < -0.39 is 5.60 Å². The molecule has 0 aliphatic heterocycles. The monoisotopic (exact) mass is 210 g/mol. The molecule has 1 aliphatic carbocycles. The quantitative estimate of drug-likeness (QED) is 0.769. The Hall–Kier alpha value is -0.940. The van der Waals surface area contributed by atoms with E-state index >= 15 is 0 Å². The van der Waals surface area contributed by atoms with Crippen LogP contribution in [0.5, 0.6) is 0 Å². The van der Waals surface area contributed by atoms with Crippen LogP contribution < -0.4 is 5.73 Å². The lowest BCUT2D eigenvalue weighted by molar-refractivity contribution is 0.00630. The summed E-state index contributed by atoms with van der Waals surface area (Å²) in [5.41, 5.74) is 5.97. The first-order chi connectivity index (χ1) is 7.18. The van der Waals surface area contributed by atoms with E-state index in [0.717, 1.165) is 18.2 Å². The molecule has 1 fully saturated rings. The van der Waals surface area contributed by atoms with E-state index in [4.69, 9.17) is 10.5 Å². The molecule has 15 heavy (non-hydrogen) atoms. The third-order valence-electron chi connectivity index (χ3n) is 3.06. The zero-order valence-corrected chi connectivity index (χ0v) is 9.31. The zero-order chi connectivity index (χ0) is 10.9. The molecule has 0 aromatic carbocycles. The van der Waals surface area contributed by atoms with Crippen molar-refractivity contribution in [2.24, 2.45) is 11.7 Å². The van der Waals surface area contributed by atoms with Gasteiger partial charge < -0.3 is 10.5 Å². The fraction of sp³-hybridized carbons (Fsp3) is 0.800. The van der Waals surface area contributed by atoms with Crippen LogP contribution in [0.3, 0.4) is 0 Å². The maximum Gasteiger partial charge on any atom is 0.122 e. The fourth-order valence-electron chi connectivity index (χ4n) is 1.49. The summed E-state index contributed by atoms with van der Waals surface area (Å²) >= 11 is 0. The molecule has 1 aromatic rings. The van der Waals surface area contributed by atoms with Gasteiger partial charge in [-0.15, -0.1) is 5.10 Å².